The van der Waals surface area contributed by atoms with Crippen molar-refractivity contribution >= 4 is 16.8 Å². The maximum absolute atomic E-state index is 12.7. The molecule has 3 rings (SSSR count). The Morgan fingerprint density at radius 2 is 1.89 bits per heavy atom. The van der Waals surface area contributed by atoms with E-state index in [1.807, 2.05) is 37.3 Å². The summed E-state index contributed by atoms with van der Waals surface area (Å²) in [6.45, 7) is 3.68. The van der Waals surface area contributed by atoms with E-state index in [-0.39, 0.29) is 24.1 Å². The van der Waals surface area contributed by atoms with Gasteiger partial charge in [0.15, 0.2) is 0 Å². The number of para-hydroxylation sites is 1. The van der Waals surface area contributed by atoms with Crippen molar-refractivity contribution in [3.05, 3.63) is 70.3 Å². The summed E-state index contributed by atoms with van der Waals surface area (Å²) in [5, 5.41) is 3.52. The maximum atomic E-state index is 12.7. The van der Waals surface area contributed by atoms with Gasteiger partial charge in [-0.25, -0.2) is 4.98 Å². The van der Waals surface area contributed by atoms with Gasteiger partial charge in [0.2, 0.25) is 5.91 Å². The second kappa shape index (κ2) is 8.03. The second-order valence-corrected chi connectivity index (χ2v) is 6.37. The smallest absolute Gasteiger partial charge is 0.261 e. The zero-order chi connectivity index (χ0) is 19.4. The van der Waals surface area contributed by atoms with Gasteiger partial charge in [0, 0.05) is 0 Å². The lowest BCUT2D eigenvalue weighted by atomic mass is 10.0. The fourth-order valence-corrected chi connectivity index (χ4v) is 3.11. The van der Waals surface area contributed by atoms with Crippen molar-refractivity contribution in [2.24, 2.45) is 0 Å². The molecule has 0 fully saturated rings. The van der Waals surface area contributed by atoms with Crippen molar-refractivity contribution in [1.29, 1.82) is 0 Å². The van der Waals surface area contributed by atoms with E-state index in [0.29, 0.717) is 16.7 Å². The number of nitrogens with one attached hydrogen (secondary N) is 1. The van der Waals surface area contributed by atoms with E-state index in [2.05, 4.69) is 10.3 Å². The SMILES string of the molecule is CC[C@@H](NC(=O)Cn1c(C)nc2ccccc2c1=O)c1ccc(OC)cc1. The van der Waals surface area contributed by atoms with Gasteiger partial charge >= 0.3 is 0 Å². The Bertz CT molecular complexity index is 1010. The molecule has 6 heteroatoms. The van der Waals surface area contributed by atoms with Crippen LogP contribution in [0.4, 0.5) is 0 Å². The summed E-state index contributed by atoms with van der Waals surface area (Å²) in [5.74, 6) is 1.07. The Kier molecular flexibility index (Phi) is 5.54. The Hall–Kier alpha value is -3.15. The number of amides is 1. The molecular weight excluding hydrogens is 342 g/mol. The number of carbonyl (C=O) groups excluding carboxylic acids is 1. The normalized spacial score (nSPS) is 12.0. The summed E-state index contributed by atoms with van der Waals surface area (Å²) in [6, 6.07) is 14.6. The van der Waals surface area contributed by atoms with Crippen LogP contribution in [0, 0.1) is 6.92 Å². The topological polar surface area (TPSA) is 73.2 Å². The number of nitrogens with zero attached hydrogens (tertiary/aromatic N) is 2. The third kappa shape index (κ3) is 4.00. The molecule has 0 saturated carbocycles. The summed E-state index contributed by atoms with van der Waals surface area (Å²) in [4.78, 5) is 29.7. The largest absolute Gasteiger partial charge is 0.497 e. The molecule has 0 aliphatic rings. The first-order valence-electron chi connectivity index (χ1n) is 8.93. The molecule has 3 aromatic rings. The molecule has 27 heavy (non-hydrogen) atoms. The highest BCUT2D eigenvalue weighted by atomic mass is 16.5. The number of hydrogen-bond donors (Lipinski definition) is 1. The van der Waals surface area contributed by atoms with Gasteiger partial charge in [-0.05, 0) is 43.2 Å². The molecule has 0 unspecified atom stereocenters. The van der Waals surface area contributed by atoms with Crippen molar-refractivity contribution in [2.75, 3.05) is 7.11 Å². The Labute approximate surface area is 157 Å². The molecule has 0 aliphatic carbocycles. The molecule has 0 spiro atoms. The average Bonchev–Trinajstić information content (AvgIpc) is 2.69. The number of carbonyl (C=O) groups is 1. The van der Waals surface area contributed by atoms with Gasteiger partial charge in [0.25, 0.3) is 5.56 Å². The van der Waals surface area contributed by atoms with E-state index in [0.717, 1.165) is 17.7 Å². The molecule has 1 heterocycles. The van der Waals surface area contributed by atoms with Gasteiger partial charge in [-0.2, -0.15) is 0 Å². The molecule has 1 N–H and O–H groups in total. The molecule has 0 saturated heterocycles. The Balaban J connectivity index is 1.80. The highest BCUT2D eigenvalue weighted by Crippen LogP contribution is 2.20. The summed E-state index contributed by atoms with van der Waals surface area (Å²) >= 11 is 0. The molecule has 6 nitrogen and oxygen atoms in total. The number of aromatic nitrogens is 2. The molecule has 140 valence electrons. The van der Waals surface area contributed by atoms with Crippen LogP contribution in [-0.2, 0) is 11.3 Å². The third-order valence-corrected chi connectivity index (χ3v) is 4.62. The number of rotatable bonds is 6. The minimum Gasteiger partial charge on any atom is -0.497 e. The van der Waals surface area contributed by atoms with Crippen molar-refractivity contribution in [3.63, 3.8) is 0 Å². The van der Waals surface area contributed by atoms with Gasteiger partial charge in [0.1, 0.15) is 18.1 Å². The molecule has 1 amide bonds. The molecule has 0 aliphatic heterocycles. The Morgan fingerprint density at radius 1 is 1.19 bits per heavy atom. The van der Waals surface area contributed by atoms with E-state index in [9.17, 15) is 9.59 Å². The van der Waals surface area contributed by atoms with E-state index >= 15 is 0 Å². The molecule has 2 aromatic carbocycles. The van der Waals surface area contributed by atoms with E-state index in [1.54, 1.807) is 32.2 Å². The van der Waals surface area contributed by atoms with Crippen LogP contribution >= 0.6 is 0 Å². The molecule has 1 aromatic heterocycles. The van der Waals surface area contributed by atoms with Crippen molar-refractivity contribution in [2.45, 2.75) is 32.9 Å². The van der Waals surface area contributed by atoms with Crippen LogP contribution < -0.4 is 15.6 Å². The van der Waals surface area contributed by atoms with Crippen LogP contribution in [0.25, 0.3) is 10.9 Å². The summed E-state index contributed by atoms with van der Waals surface area (Å²) in [5.41, 5.74) is 1.43. The van der Waals surface area contributed by atoms with Gasteiger partial charge in [-0.1, -0.05) is 31.2 Å². The van der Waals surface area contributed by atoms with Crippen LogP contribution in [-0.4, -0.2) is 22.6 Å². The first-order valence-corrected chi connectivity index (χ1v) is 8.93. The van der Waals surface area contributed by atoms with Crippen molar-refractivity contribution in [1.82, 2.24) is 14.9 Å². The standard InChI is InChI=1S/C21H23N3O3/c1-4-18(15-9-11-16(27-3)12-10-15)23-20(25)13-24-14(2)22-19-8-6-5-7-17(19)21(24)26/h5-12,18H,4,13H2,1-3H3,(H,23,25)/t18-/m1/s1. The second-order valence-electron chi connectivity index (χ2n) is 6.37. The van der Waals surface area contributed by atoms with Crippen LogP contribution in [0.1, 0.15) is 30.8 Å². The van der Waals surface area contributed by atoms with E-state index in [4.69, 9.17) is 4.74 Å². The van der Waals surface area contributed by atoms with Crippen LogP contribution in [0.15, 0.2) is 53.3 Å². The summed E-state index contributed by atoms with van der Waals surface area (Å²) in [6.07, 6.45) is 0.738. The zero-order valence-corrected chi connectivity index (χ0v) is 15.7. The lowest BCUT2D eigenvalue weighted by Gasteiger charge is -2.19. The third-order valence-electron chi connectivity index (χ3n) is 4.62. The lowest BCUT2D eigenvalue weighted by molar-refractivity contribution is -0.122. The number of aryl methyl sites for hydroxylation is 1. The number of benzene rings is 2. The van der Waals surface area contributed by atoms with E-state index < -0.39 is 0 Å². The number of ether oxygens (including phenoxy) is 1. The minimum atomic E-state index is -0.222. The highest BCUT2D eigenvalue weighted by molar-refractivity contribution is 5.79. The highest BCUT2D eigenvalue weighted by Gasteiger charge is 2.16. The summed E-state index contributed by atoms with van der Waals surface area (Å²) < 4.78 is 6.59. The predicted octanol–water partition coefficient (Wildman–Crippen LogP) is 2.98. The van der Waals surface area contributed by atoms with Crippen molar-refractivity contribution in [3.8, 4) is 5.75 Å². The van der Waals surface area contributed by atoms with Crippen LogP contribution in [0.5, 0.6) is 5.75 Å². The average molecular weight is 365 g/mol. The van der Waals surface area contributed by atoms with E-state index in [1.165, 1.54) is 4.57 Å². The number of fused-ring (bicyclic) bond motifs is 1. The van der Waals surface area contributed by atoms with Gasteiger partial charge in [0.05, 0.1) is 24.1 Å². The molecular formula is C21H23N3O3. The first-order chi connectivity index (χ1) is 13.0. The molecule has 1 atom stereocenters. The molecule has 0 radical (unpaired) electrons. The minimum absolute atomic E-state index is 0.0604. The summed E-state index contributed by atoms with van der Waals surface area (Å²) in [7, 11) is 1.62. The maximum Gasteiger partial charge on any atom is 0.261 e. The quantitative estimate of drug-likeness (QED) is 0.729. The first kappa shape index (κ1) is 18.6. The van der Waals surface area contributed by atoms with Crippen LogP contribution in [0.2, 0.25) is 0 Å². The van der Waals surface area contributed by atoms with Crippen LogP contribution in [0.3, 0.4) is 0 Å². The van der Waals surface area contributed by atoms with Gasteiger partial charge in [-0.3, -0.25) is 14.2 Å². The van der Waals surface area contributed by atoms with Crippen molar-refractivity contribution < 1.29 is 9.53 Å². The fraction of sp³-hybridized carbons (Fsp3) is 0.286. The number of methoxy groups -OCH3 is 1. The lowest BCUT2D eigenvalue weighted by Crippen LogP contribution is -2.35. The molecule has 0 bridgehead atoms. The van der Waals surface area contributed by atoms with Gasteiger partial charge < -0.3 is 10.1 Å². The van der Waals surface area contributed by atoms with Gasteiger partial charge in [-0.15, -0.1) is 0 Å². The fourth-order valence-electron chi connectivity index (χ4n) is 3.11. The monoisotopic (exact) mass is 365 g/mol. The number of hydrogen-bond acceptors (Lipinski definition) is 4. The predicted molar refractivity (Wildman–Crippen MR) is 105 cm³/mol. The Morgan fingerprint density at radius 3 is 2.56 bits per heavy atom. The zero-order valence-electron chi connectivity index (χ0n) is 15.7.